The number of nitrogen functional groups attached to an aromatic ring is 1. The molecule has 2 aromatic carbocycles. The Hall–Kier alpha value is -4.22. The Bertz CT molecular complexity index is 1490. The second-order valence-electron chi connectivity index (χ2n) is 8.39. The molecule has 0 bridgehead atoms. The molecular weight excluding hydrogens is 483 g/mol. The summed E-state index contributed by atoms with van der Waals surface area (Å²) in [4.78, 5) is 23.1. The van der Waals surface area contributed by atoms with Gasteiger partial charge in [0.2, 0.25) is 0 Å². The van der Waals surface area contributed by atoms with Crippen LogP contribution in [-0.4, -0.2) is 45.0 Å². The standard InChI is InChI=1S/C24H19F5N6O/c1-33-8-16(21-22(30)31-11-32-23(21)33)14-5-3-13(7-18(14)27)34-9-19(35(24(34)36)10-20(28)29)15-4-2-12(25)6-17(15)26/h2-8,11,19-20H,9-10H2,1H3,(H2,30,31,32). The van der Waals surface area contributed by atoms with Crippen molar-refractivity contribution in [1.82, 2.24) is 19.4 Å². The van der Waals surface area contributed by atoms with Gasteiger partial charge in [0.05, 0.1) is 24.5 Å². The largest absolute Gasteiger partial charge is 0.383 e. The molecule has 1 aliphatic heterocycles. The van der Waals surface area contributed by atoms with Crippen LogP contribution < -0.4 is 10.6 Å². The number of fused-ring (bicyclic) bond motifs is 1. The van der Waals surface area contributed by atoms with Crippen molar-refractivity contribution in [2.45, 2.75) is 12.5 Å². The molecule has 1 fully saturated rings. The Labute approximate surface area is 201 Å². The minimum Gasteiger partial charge on any atom is -0.383 e. The van der Waals surface area contributed by atoms with Crippen molar-refractivity contribution in [1.29, 1.82) is 0 Å². The summed E-state index contributed by atoms with van der Waals surface area (Å²) >= 11 is 0. The van der Waals surface area contributed by atoms with Crippen molar-refractivity contribution < 1.29 is 26.7 Å². The van der Waals surface area contributed by atoms with Gasteiger partial charge >= 0.3 is 6.03 Å². The molecule has 12 heteroatoms. The molecule has 36 heavy (non-hydrogen) atoms. The Morgan fingerprint density at radius 2 is 1.83 bits per heavy atom. The predicted molar refractivity (Wildman–Crippen MR) is 123 cm³/mol. The number of alkyl halides is 2. The van der Waals surface area contributed by atoms with Crippen molar-refractivity contribution in [3.8, 4) is 11.1 Å². The highest BCUT2D eigenvalue weighted by Crippen LogP contribution is 2.38. The molecule has 3 heterocycles. The third kappa shape index (κ3) is 3.88. The Morgan fingerprint density at radius 3 is 2.53 bits per heavy atom. The van der Waals surface area contributed by atoms with Crippen LogP contribution in [0.2, 0.25) is 0 Å². The SMILES string of the molecule is Cn1cc(-c2ccc(N3CC(c4ccc(F)cc4F)N(CC(F)F)C3=O)cc2F)c2c(N)ncnc21. The molecule has 1 atom stereocenters. The van der Waals surface area contributed by atoms with Gasteiger partial charge < -0.3 is 15.2 Å². The van der Waals surface area contributed by atoms with E-state index in [1.807, 2.05) is 0 Å². The van der Waals surface area contributed by atoms with Crippen LogP contribution in [0.25, 0.3) is 22.2 Å². The van der Waals surface area contributed by atoms with Gasteiger partial charge in [0.15, 0.2) is 0 Å². The average Bonchev–Trinajstić information content (AvgIpc) is 3.32. The summed E-state index contributed by atoms with van der Waals surface area (Å²) in [6.45, 7) is -1.20. The molecule has 0 aliphatic carbocycles. The number of aromatic nitrogens is 3. The van der Waals surface area contributed by atoms with E-state index in [1.54, 1.807) is 17.8 Å². The number of nitrogens with zero attached hydrogens (tertiary/aromatic N) is 5. The first-order valence-electron chi connectivity index (χ1n) is 10.8. The number of nitrogens with two attached hydrogens (primary N) is 1. The maximum atomic E-state index is 15.4. The minimum atomic E-state index is -2.89. The number of urea groups is 1. The number of rotatable bonds is 5. The van der Waals surface area contributed by atoms with E-state index in [0.717, 1.165) is 28.0 Å². The first-order chi connectivity index (χ1) is 17.2. The summed E-state index contributed by atoms with van der Waals surface area (Å²) in [6.07, 6.45) is 0.0517. The van der Waals surface area contributed by atoms with Crippen LogP contribution in [0.3, 0.4) is 0 Å². The number of anilines is 2. The molecular formula is C24H19F5N6O. The molecule has 2 N–H and O–H groups in total. The number of hydrogen-bond donors (Lipinski definition) is 1. The minimum absolute atomic E-state index is 0.0926. The zero-order valence-corrected chi connectivity index (χ0v) is 18.8. The van der Waals surface area contributed by atoms with Crippen molar-refractivity contribution in [3.05, 3.63) is 71.9 Å². The molecule has 1 saturated heterocycles. The van der Waals surface area contributed by atoms with Crippen LogP contribution in [0.5, 0.6) is 0 Å². The van der Waals surface area contributed by atoms with Gasteiger partial charge in [0.25, 0.3) is 6.43 Å². The Kier molecular flexibility index (Phi) is 5.73. The van der Waals surface area contributed by atoms with E-state index in [2.05, 4.69) is 9.97 Å². The monoisotopic (exact) mass is 502 g/mol. The number of carbonyl (C=O) groups is 1. The molecule has 5 rings (SSSR count). The normalized spacial score (nSPS) is 16.1. The average molecular weight is 502 g/mol. The van der Waals surface area contributed by atoms with Crippen LogP contribution in [0.4, 0.5) is 38.3 Å². The van der Waals surface area contributed by atoms with Gasteiger partial charge in [-0.2, -0.15) is 0 Å². The van der Waals surface area contributed by atoms with Gasteiger partial charge in [0, 0.05) is 41.7 Å². The lowest BCUT2D eigenvalue weighted by atomic mass is 10.0. The smallest absolute Gasteiger partial charge is 0.325 e. The fourth-order valence-corrected chi connectivity index (χ4v) is 4.57. The fourth-order valence-electron chi connectivity index (χ4n) is 4.57. The summed E-state index contributed by atoms with van der Waals surface area (Å²) in [6, 6.07) is 4.74. The number of amides is 2. The van der Waals surface area contributed by atoms with Crippen LogP contribution >= 0.6 is 0 Å². The van der Waals surface area contributed by atoms with Gasteiger partial charge in [-0.1, -0.05) is 6.07 Å². The number of halogens is 5. The van der Waals surface area contributed by atoms with Gasteiger partial charge in [0.1, 0.15) is 35.2 Å². The first kappa shape index (κ1) is 23.5. The van der Waals surface area contributed by atoms with Crippen molar-refractivity contribution in [2.75, 3.05) is 23.7 Å². The maximum absolute atomic E-state index is 15.4. The van der Waals surface area contributed by atoms with E-state index in [-0.39, 0.29) is 29.2 Å². The van der Waals surface area contributed by atoms with Crippen LogP contribution in [0.1, 0.15) is 11.6 Å². The van der Waals surface area contributed by atoms with Crippen molar-refractivity contribution in [3.63, 3.8) is 0 Å². The number of aryl methyl sites for hydroxylation is 1. The highest BCUT2D eigenvalue weighted by Gasteiger charge is 2.41. The van der Waals surface area contributed by atoms with E-state index in [1.165, 1.54) is 18.5 Å². The molecule has 1 aliphatic rings. The number of hydrogen-bond acceptors (Lipinski definition) is 4. The van der Waals surface area contributed by atoms with Crippen LogP contribution in [0, 0.1) is 17.5 Å². The van der Waals surface area contributed by atoms with E-state index >= 15 is 4.39 Å². The summed E-state index contributed by atoms with van der Waals surface area (Å²) in [7, 11) is 1.72. The molecule has 0 spiro atoms. The van der Waals surface area contributed by atoms with Gasteiger partial charge in [-0.15, -0.1) is 0 Å². The highest BCUT2D eigenvalue weighted by molar-refractivity contribution is 6.01. The van der Waals surface area contributed by atoms with E-state index < -0.39 is 42.5 Å². The summed E-state index contributed by atoms with van der Waals surface area (Å²) in [5, 5.41) is 0.457. The fraction of sp³-hybridized carbons (Fsp3) is 0.208. The van der Waals surface area contributed by atoms with Crippen molar-refractivity contribution >= 4 is 28.6 Å². The third-order valence-electron chi connectivity index (χ3n) is 6.20. The topological polar surface area (TPSA) is 80.3 Å². The summed E-state index contributed by atoms with van der Waals surface area (Å²) in [5.41, 5.74) is 7.08. The van der Waals surface area contributed by atoms with Gasteiger partial charge in [-0.3, -0.25) is 4.90 Å². The molecule has 0 radical (unpaired) electrons. The van der Waals surface area contributed by atoms with Crippen molar-refractivity contribution in [2.24, 2.45) is 7.05 Å². The lowest BCUT2D eigenvalue weighted by molar-refractivity contribution is 0.0941. The molecule has 2 aromatic heterocycles. The lowest BCUT2D eigenvalue weighted by Crippen LogP contribution is -2.36. The summed E-state index contributed by atoms with van der Waals surface area (Å²) in [5.74, 6) is -2.34. The molecule has 1 unspecified atom stereocenters. The van der Waals surface area contributed by atoms with Gasteiger partial charge in [-0.25, -0.2) is 36.7 Å². The zero-order valence-electron chi connectivity index (χ0n) is 18.8. The Morgan fingerprint density at radius 1 is 1.06 bits per heavy atom. The van der Waals surface area contributed by atoms with E-state index in [9.17, 15) is 22.4 Å². The second kappa shape index (κ2) is 8.77. The van der Waals surface area contributed by atoms with Gasteiger partial charge in [-0.05, 0) is 24.3 Å². The first-order valence-corrected chi connectivity index (χ1v) is 10.8. The molecule has 7 nitrogen and oxygen atoms in total. The van der Waals surface area contributed by atoms with Crippen LogP contribution in [0.15, 0.2) is 48.9 Å². The highest BCUT2D eigenvalue weighted by atomic mass is 19.3. The van der Waals surface area contributed by atoms with E-state index in [0.29, 0.717) is 22.7 Å². The summed E-state index contributed by atoms with van der Waals surface area (Å²) < 4.78 is 71.4. The molecule has 186 valence electrons. The van der Waals surface area contributed by atoms with E-state index in [4.69, 9.17) is 5.73 Å². The molecule has 4 aromatic rings. The third-order valence-corrected chi connectivity index (χ3v) is 6.20. The maximum Gasteiger partial charge on any atom is 0.325 e. The second-order valence-corrected chi connectivity index (χ2v) is 8.39. The predicted octanol–water partition coefficient (Wildman–Crippen LogP) is 4.88. The lowest BCUT2D eigenvalue weighted by Gasteiger charge is -2.23. The zero-order chi connectivity index (χ0) is 25.7. The number of benzene rings is 2. The van der Waals surface area contributed by atoms with Crippen LogP contribution in [-0.2, 0) is 7.05 Å². The Balaban J connectivity index is 1.53. The number of carbonyl (C=O) groups excluding carboxylic acids is 1. The molecule has 2 amide bonds. The molecule has 0 saturated carbocycles. The quantitative estimate of drug-likeness (QED) is 0.395.